The number of amides is 1. The standard InChI is InChI=1S/C12H9ClN2O4/c1-18-12(17)8-4-7(13)2-3-9(8)15-11(16)10-5-19-6-14-10/h2-6H,1H3,(H,15,16). The third-order valence-corrected chi connectivity index (χ3v) is 2.54. The summed E-state index contributed by atoms with van der Waals surface area (Å²) in [7, 11) is 1.24. The molecule has 98 valence electrons. The molecule has 0 saturated carbocycles. The van der Waals surface area contributed by atoms with Gasteiger partial charge >= 0.3 is 5.97 Å². The van der Waals surface area contributed by atoms with Crippen molar-refractivity contribution >= 4 is 29.2 Å². The van der Waals surface area contributed by atoms with Crippen molar-refractivity contribution in [2.45, 2.75) is 0 Å². The van der Waals surface area contributed by atoms with E-state index in [-0.39, 0.29) is 16.9 Å². The summed E-state index contributed by atoms with van der Waals surface area (Å²) in [6.45, 7) is 0. The molecule has 1 heterocycles. The second kappa shape index (κ2) is 5.53. The Kier molecular flexibility index (Phi) is 3.82. The van der Waals surface area contributed by atoms with Crippen molar-refractivity contribution < 1.29 is 18.7 Å². The monoisotopic (exact) mass is 280 g/mol. The van der Waals surface area contributed by atoms with Gasteiger partial charge in [-0.1, -0.05) is 11.6 Å². The fraction of sp³-hybridized carbons (Fsp3) is 0.0833. The van der Waals surface area contributed by atoms with Crippen LogP contribution < -0.4 is 5.32 Å². The van der Waals surface area contributed by atoms with Gasteiger partial charge in [-0.05, 0) is 18.2 Å². The van der Waals surface area contributed by atoms with Crippen molar-refractivity contribution in [1.82, 2.24) is 4.98 Å². The van der Waals surface area contributed by atoms with Gasteiger partial charge in [-0.25, -0.2) is 9.78 Å². The molecule has 1 aromatic carbocycles. The first-order valence-electron chi connectivity index (χ1n) is 5.19. The van der Waals surface area contributed by atoms with Crippen LogP contribution in [0.1, 0.15) is 20.8 Å². The summed E-state index contributed by atoms with van der Waals surface area (Å²) in [6.07, 6.45) is 2.33. The lowest BCUT2D eigenvalue weighted by Gasteiger charge is -2.09. The molecule has 0 saturated heterocycles. The summed E-state index contributed by atoms with van der Waals surface area (Å²) >= 11 is 5.81. The topological polar surface area (TPSA) is 81.4 Å². The van der Waals surface area contributed by atoms with Gasteiger partial charge in [-0.15, -0.1) is 0 Å². The van der Waals surface area contributed by atoms with Gasteiger partial charge in [0.2, 0.25) is 0 Å². The number of esters is 1. The summed E-state index contributed by atoms with van der Waals surface area (Å²) in [5, 5.41) is 2.90. The molecule has 1 aromatic heterocycles. The highest BCUT2D eigenvalue weighted by Gasteiger charge is 2.16. The first kappa shape index (κ1) is 13.1. The minimum Gasteiger partial charge on any atom is -0.465 e. The molecule has 0 unspecified atom stereocenters. The van der Waals surface area contributed by atoms with Crippen molar-refractivity contribution in [3.63, 3.8) is 0 Å². The zero-order valence-corrected chi connectivity index (χ0v) is 10.6. The normalized spacial score (nSPS) is 10.0. The molecule has 0 bridgehead atoms. The first-order valence-corrected chi connectivity index (χ1v) is 5.57. The van der Waals surface area contributed by atoms with Crippen LogP contribution in [0, 0.1) is 0 Å². The van der Waals surface area contributed by atoms with Gasteiger partial charge in [0.15, 0.2) is 12.1 Å². The van der Waals surface area contributed by atoms with E-state index >= 15 is 0 Å². The lowest BCUT2D eigenvalue weighted by atomic mass is 10.1. The minimum absolute atomic E-state index is 0.103. The van der Waals surface area contributed by atoms with E-state index in [2.05, 4.69) is 15.0 Å². The molecule has 6 nitrogen and oxygen atoms in total. The Morgan fingerprint density at radius 3 is 2.84 bits per heavy atom. The average molecular weight is 281 g/mol. The number of aromatic nitrogens is 1. The molecule has 1 N–H and O–H groups in total. The van der Waals surface area contributed by atoms with Gasteiger partial charge in [-0.2, -0.15) is 0 Å². The van der Waals surface area contributed by atoms with Crippen LogP contribution in [0.3, 0.4) is 0 Å². The Balaban J connectivity index is 2.29. The number of benzene rings is 1. The predicted molar refractivity (Wildman–Crippen MR) is 67.2 cm³/mol. The Hall–Kier alpha value is -2.34. The maximum Gasteiger partial charge on any atom is 0.340 e. The zero-order chi connectivity index (χ0) is 13.8. The van der Waals surface area contributed by atoms with E-state index in [1.165, 1.54) is 25.5 Å². The lowest BCUT2D eigenvalue weighted by Crippen LogP contribution is -2.15. The number of ether oxygens (including phenoxy) is 1. The molecular formula is C12H9ClN2O4. The highest BCUT2D eigenvalue weighted by Crippen LogP contribution is 2.22. The van der Waals surface area contributed by atoms with Crippen LogP contribution in [0.4, 0.5) is 5.69 Å². The highest BCUT2D eigenvalue weighted by molar-refractivity contribution is 6.31. The molecule has 0 spiro atoms. The van der Waals surface area contributed by atoms with Crippen LogP contribution in [-0.2, 0) is 4.74 Å². The smallest absolute Gasteiger partial charge is 0.340 e. The van der Waals surface area contributed by atoms with Crippen molar-refractivity contribution in [1.29, 1.82) is 0 Å². The van der Waals surface area contributed by atoms with E-state index in [1.54, 1.807) is 6.07 Å². The number of nitrogens with zero attached hydrogens (tertiary/aromatic N) is 1. The Bertz CT molecular complexity index is 610. The van der Waals surface area contributed by atoms with Crippen LogP contribution in [0.2, 0.25) is 5.02 Å². The largest absolute Gasteiger partial charge is 0.465 e. The number of halogens is 1. The van der Waals surface area contributed by atoms with E-state index in [9.17, 15) is 9.59 Å². The van der Waals surface area contributed by atoms with E-state index in [0.717, 1.165) is 6.39 Å². The number of nitrogens with one attached hydrogen (secondary N) is 1. The van der Waals surface area contributed by atoms with E-state index < -0.39 is 11.9 Å². The van der Waals surface area contributed by atoms with E-state index in [0.29, 0.717) is 5.02 Å². The molecule has 2 rings (SSSR count). The number of anilines is 1. The Labute approximate surface area is 113 Å². The molecule has 0 fully saturated rings. The van der Waals surface area contributed by atoms with Gasteiger partial charge in [0.25, 0.3) is 5.91 Å². The minimum atomic E-state index is -0.599. The van der Waals surface area contributed by atoms with Crippen molar-refractivity contribution in [2.75, 3.05) is 12.4 Å². The molecule has 0 aliphatic carbocycles. The Morgan fingerprint density at radius 1 is 1.42 bits per heavy atom. The molecule has 0 aliphatic rings. The number of rotatable bonds is 3. The number of methoxy groups -OCH3 is 1. The molecule has 2 aromatic rings. The maximum atomic E-state index is 11.8. The van der Waals surface area contributed by atoms with Gasteiger partial charge in [0.1, 0.15) is 6.26 Å². The summed E-state index contributed by atoms with van der Waals surface area (Å²) in [4.78, 5) is 27.1. The average Bonchev–Trinajstić information content (AvgIpc) is 2.94. The van der Waals surface area contributed by atoms with Crippen molar-refractivity contribution in [2.24, 2.45) is 0 Å². The Morgan fingerprint density at radius 2 is 2.21 bits per heavy atom. The predicted octanol–water partition coefficient (Wildman–Crippen LogP) is 2.37. The third-order valence-electron chi connectivity index (χ3n) is 2.30. The number of hydrogen-bond donors (Lipinski definition) is 1. The fourth-order valence-corrected chi connectivity index (χ4v) is 1.59. The van der Waals surface area contributed by atoms with Crippen LogP contribution >= 0.6 is 11.6 Å². The molecule has 7 heteroatoms. The molecule has 19 heavy (non-hydrogen) atoms. The second-order valence-corrected chi connectivity index (χ2v) is 3.95. The van der Waals surface area contributed by atoms with Gasteiger partial charge in [-0.3, -0.25) is 4.79 Å². The summed E-state index contributed by atoms with van der Waals surface area (Å²) in [5.41, 5.74) is 0.543. The third kappa shape index (κ3) is 2.92. The summed E-state index contributed by atoms with van der Waals surface area (Å²) in [5.74, 6) is -1.10. The van der Waals surface area contributed by atoms with Gasteiger partial charge in [0, 0.05) is 5.02 Å². The summed E-state index contributed by atoms with van der Waals surface area (Å²) in [6, 6.07) is 4.46. The quantitative estimate of drug-likeness (QED) is 0.873. The van der Waals surface area contributed by atoms with Crippen LogP contribution in [-0.4, -0.2) is 24.0 Å². The molecule has 0 radical (unpaired) electrons. The van der Waals surface area contributed by atoms with Crippen molar-refractivity contribution in [3.05, 3.63) is 47.1 Å². The SMILES string of the molecule is COC(=O)c1cc(Cl)ccc1NC(=O)c1cocn1. The maximum absolute atomic E-state index is 11.8. The van der Waals surface area contributed by atoms with Crippen molar-refractivity contribution in [3.8, 4) is 0 Å². The number of carbonyl (C=O) groups is 2. The number of oxazole rings is 1. The zero-order valence-electron chi connectivity index (χ0n) is 9.84. The van der Waals surface area contributed by atoms with Crippen LogP contribution in [0.5, 0.6) is 0 Å². The van der Waals surface area contributed by atoms with Crippen LogP contribution in [0.25, 0.3) is 0 Å². The molecular weight excluding hydrogens is 272 g/mol. The first-order chi connectivity index (χ1) is 9.11. The van der Waals surface area contributed by atoms with E-state index in [4.69, 9.17) is 16.0 Å². The second-order valence-electron chi connectivity index (χ2n) is 3.51. The molecule has 1 amide bonds. The van der Waals surface area contributed by atoms with Crippen LogP contribution in [0.15, 0.2) is 35.3 Å². The molecule has 0 atom stereocenters. The number of carbonyl (C=O) groups excluding carboxylic acids is 2. The summed E-state index contributed by atoms with van der Waals surface area (Å²) < 4.78 is 9.33. The fourth-order valence-electron chi connectivity index (χ4n) is 1.42. The highest BCUT2D eigenvalue weighted by atomic mass is 35.5. The van der Waals surface area contributed by atoms with E-state index in [1.807, 2.05) is 0 Å². The van der Waals surface area contributed by atoms with Gasteiger partial charge in [0.05, 0.1) is 18.4 Å². The molecule has 0 aliphatic heterocycles. The number of hydrogen-bond acceptors (Lipinski definition) is 5. The lowest BCUT2D eigenvalue weighted by molar-refractivity contribution is 0.0602. The van der Waals surface area contributed by atoms with Gasteiger partial charge < -0.3 is 14.5 Å².